The number of pyridine rings is 1. The highest BCUT2D eigenvalue weighted by Gasteiger charge is 2.15. The first kappa shape index (κ1) is 15.5. The molecule has 0 aliphatic carbocycles. The Morgan fingerprint density at radius 3 is 2.74 bits per heavy atom. The number of anilines is 1. The molecule has 0 saturated heterocycles. The number of carbonyl (C=O) groups is 1. The summed E-state index contributed by atoms with van der Waals surface area (Å²) in [6.45, 7) is 0. The predicted molar refractivity (Wildman–Crippen MR) is 92.0 cm³/mol. The minimum Gasteiger partial charge on any atom is -0.322 e. The van der Waals surface area contributed by atoms with Crippen LogP contribution in [0.25, 0.3) is 0 Å². The minimum atomic E-state index is -0.396. The van der Waals surface area contributed by atoms with Crippen LogP contribution in [0.15, 0.2) is 46.6 Å². The Kier molecular flexibility index (Phi) is 4.55. The van der Waals surface area contributed by atoms with Gasteiger partial charge in [0.1, 0.15) is 5.84 Å². The number of hydrazone groups is 1. The summed E-state index contributed by atoms with van der Waals surface area (Å²) in [4.78, 5) is 20.8. The van der Waals surface area contributed by atoms with Crippen LogP contribution in [0.5, 0.6) is 0 Å². The van der Waals surface area contributed by atoms with Crippen LogP contribution < -0.4 is 10.7 Å². The largest absolute Gasteiger partial charge is 0.322 e. The number of nitrogens with one attached hydrogen (secondary N) is 2. The fourth-order valence-corrected chi connectivity index (χ4v) is 2.54. The lowest BCUT2D eigenvalue weighted by atomic mass is 10.2. The molecule has 116 valence electrons. The predicted octanol–water partition coefficient (Wildman–Crippen LogP) is 3.65. The lowest BCUT2D eigenvalue weighted by Crippen LogP contribution is -2.13. The Bertz CT molecular complexity index is 789. The van der Waals surface area contributed by atoms with Crippen molar-refractivity contribution in [2.75, 3.05) is 5.32 Å². The number of carbonyl (C=O) groups excluding carboxylic acids is 1. The molecule has 2 N–H and O–H groups in total. The summed E-state index contributed by atoms with van der Waals surface area (Å²) in [6, 6.07) is 8.20. The van der Waals surface area contributed by atoms with Gasteiger partial charge >= 0.3 is 0 Å². The van der Waals surface area contributed by atoms with Crippen molar-refractivity contribution in [2.45, 2.75) is 6.42 Å². The molecule has 0 unspecified atom stereocenters. The van der Waals surface area contributed by atoms with Gasteiger partial charge in [-0.2, -0.15) is 5.10 Å². The molecule has 1 aromatic heterocycles. The topological polar surface area (TPSA) is 78.7 Å². The number of hydrogen-bond donors (Lipinski definition) is 2. The molecule has 23 heavy (non-hydrogen) atoms. The Morgan fingerprint density at radius 2 is 2.04 bits per heavy atom. The standard InChI is InChI=1S/C15H11Cl2N5O/c16-10-2-1-3-11(17)14(10)15(23)20-9-4-6-18-13(8-9)21-12-5-7-19-22-12/h1-4,6-8H,5H2,(H2,18,20,21,22,23). The molecule has 1 aliphatic rings. The molecule has 0 atom stereocenters. The zero-order valence-electron chi connectivity index (χ0n) is 11.8. The third kappa shape index (κ3) is 3.67. The van der Waals surface area contributed by atoms with Gasteiger partial charge in [-0.15, -0.1) is 0 Å². The van der Waals surface area contributed by atoms with Crippen molar-refractivity contribution in [3.05, 3.63) is 52.1 Å². The van der Waals surface area contributed by atoms with E-state index in [4.69, 9.17) is 23.2 Å². The molecular formula is C15H11Cl2N5O. The molecule has 6 nitrogen and oxygen atoms in total. The summed E-state index contributed by atoms with van der Waals surface area (Å²) >= 11 is 12.1. The monoisotopic (exact) mass is 347 g/mol. The maximum Gasteiger partial charge on any atom is 0.258 e. The van der Waals surface area contributed by atoms with Crippen LogP contribution in [0.4, 0.5) is 11.5 Å². The van der Waals surface area contributed by atoms with E-state index in [0.717, 1.165) is 0 Å². The number of nitrogens with zero attached hydrogens (tertiary/aromatic N) is 3. The summed E-state index contributed by atoms with van der Waals surface area (Å²) in [5.41, 5.74) is 3.53. The highest BCUT2D eigenvalue weighted by Crippen LogP contribution is 2.25. The lowest BCUT2D eigenvalue weighted by Gasteiger charge is -2.08. The van der Waals surface area contributed by atoms with Gasteiger partial charge in [0.15, 0.2) is 5.82 Å². The number of rotatable bonds is 3. The number of hydrogen-bond acceptors (Lipinski definition) is 4. The number of amides is 1. The van der Waals surface area contributed by atoms with Gasteiger partial charge in [-0.25, -0.2) is 9.98 Å². The van der Waals surface area contributed by atoms with Crippen molar-refractivity contribution < 1.29 is 4.79 Å². The number of benzene rings is 1. The maximum absolute atomic E-state index is 12.3. The van der Waals surface area contributed by atoms with E-state index in [9.17, 15) is 4.79 Å². The maximum atomic E-state index is 12.3. The molecule has 0 fully saturated rings. The second-order valence-corrected chi connectivity index (χ2v) is 5.45. The quantitative estimate of drug-likeness (QED) is 0.889. The van der Waals surface area contributed by atoms with Gasteiger partial charge in [0.25, 0.3) is 5.91 Å². The van der Waals surface area contributed by atoms with Crippen LogP contribution in [0.1, 0.15) is 16.8 Å². The molecule has 0 spiro atoms. The Morgan fingerprint density at radius 1 is 1.26 bits per heavy atom. The van der Waals surface area contributed by atoms with E-state index in [1.807, 2.05) is 0 Å². The van der Waals surface area contributed by atoms with Gasteiger partial charge in [-0.05, 0) is 18.2 Å². The highest BCUT2D eigenvalue weighted by molar-refractivity contribution is 6.40. The first-order chi connectivity index (χ1) is 11.1. The summed E-state index contributed by atoms with van der Waals surface area (Å²) < 4.78 is 0. The van der Waals surface area contributed by atoms with Gasteiger partial charge in [-0.3, -0.25) is 10.2 Å². The summed E-state index contributed by atoms with van der Waals surface area (Å²) in [5, 5.41) is 7.17. The molecule has 1 amide bonds. The zero-order valence-corrected chi connectivity index (χ0v) is 13.3. The number of amidine groups is 1. The summed E-state index contributed by atoms with van der Waals surface area (Å²) in [5.74, 6) is 0.754. The highest BCUT2D eigenvalue weighted by atomic mass is 35.5. The van der Waals surface area contributed by atoms with Gasteiger partial charge in [0.2, 0.25) is 0 Å². The van der Waals surface area contributed by atoms with Crippen molar-refractivity contribution in [3.8, 4) is 0 Å². The van der Waals surface area contributed by atoms with Crippen molar-refractivity contribution in [2.24, 2.45) is 10.1 Å². The second kappa shape index (κ2) is 6.76. The number of aliphatic imine (C=N–C) groups is 1. The SMILES string of the molecule is O=C(Nc1ccnc(N=C2CC=NN2)c1)c1c(Cl)cccc1Cl. The summed E-state index contributed by atoms with van der Waals surface area (Å²) in [6.07, 6.45) is 3.89. The minimum absolute atomic E-state index is 0.228. The van der Waals surface area contributed by atoms with E-state index in [0.29, 0.717) is 23.8 Å². The fraction of sp³-hybridized carbons (Fsp3) is 0.0667. The van der Waals surface area contributed by atoms with Crippen LogP contribution in [0.2, 0.25) is 10.0 Å². The van der Waals surface area contributed by atoms with E-state index in [-0.39, 0.29) is 15.6 Å². The third-order valence-electron chi connectivity index (χ3n) is 3.01. The first-order valence-electron chi connectivity index (χ1n) is 6.70. The van der Waals surface area contributed by atoms with E-state index in [1.165, 1.54) is 0 Å². The Labute approximate surface area is 142 Å². The summed E-state index contributed by atoms with van der Waals surface area (Å²) in [7, 11) is 0. The van der Waals surface area contributed by atoms with E-state index in [1.54, 1.807) is 42.7 Å². The molecule has 0 saturated carbocycles. The fourth-order valence-electron chi connectivity index (χ4n) is 1.97. The first-order valence-corrected chi connectivity index (χ1v) is 7.45. The smallest absolute Gasteiger partial charge is 0.258 e. The molecule has 1 aliphatic heterocycles. The molecule has 8 heteroatoms. The van der Waals surface area contributed by atoms with E-state index >= 15 is 0 Å². The molecule has 1 aromatic carbocycles. The van der Waals surface area contributed by atoms with Crippen molar-refractivity contribution in [3.63, 3.8) is 0 Å². The van der Waals surface area contributed by atoms with Crippen LogP contribution in [0.3, 0.4) is 0 Å². The lowest BCUT2D eigenvalue weighted by molar-refractivity contribution is 0.102. The Hall–Kier alpha value is -2.44. The van der Waals surface area contributed by atoms with Crippen LogP contribution in [-0.2, 0) is 0 Å². The molecular weight excluding hydrogens is 337 g/mol. The van der Waals surface area contributed by atoms with Crippen molar-refractivity contribution in [1.29, 1.82) is 0 Å². The molecule has 2 aromatic rings. The van der Waals surface area contributed by atoms with Gasteiger partial charge in [0.05, 0.1) is 15.6 Å². The van der Waals surface area contributed by atoms with Crippen LogP contribution in [-0.4, -0.2) is 22.9 Å². The molecule has 3 rings (SSSR count). The average molecular weight is 348 g/mol. The van der Waals surface area contributed by atoms with E-state index < -0.39 is 5.91 Å². The second-order valence-electron chi connectivity index (χ2n) is 4.64. The van der Waals surface area contributed by atoms with Crippen LogP contribution >= 0.6 is 23.2 Å². The van der Waals surface area contributed by atoms with Crippen molar-refractivity contribution >= 4 is 52.7 Å². The zero-order chi connectivity index (χ0) is 16.2. The van der Waals surface area contributed by atoms with E-state index in [2.05, 4.69) is 25.8 Å². The number of aromatic nitrogens is 1. The molecule has 0 radical (unpaired) electrons. The normalized spacial score (nSPS) is 14.8. The molecule has 2 heterocycles. The van der Waals surface area contributed by atoms with Gasteiger partial charge in [-0.1, -0.05) is 29.3 Å². The molecule has 0 bridgehead atoms. The van der Waals surface area contributed by atoms with Crippen LogP contribution in [0, 0.1) is 0 Å². The van der Waals surface area contributed by atoms with Crippen molar-refractivity contribution in [1.82, 2.24) is 10.4 Å². The third-order valence-corrected chi connectivity index (χ3v) is 3.64. The Balaban J connectivity index is 1.80. The number of halogens is 2. The van der Waals surface area contributed by atoms with Gasteiger partial charge < -0.3 is 5.32 Å². The average Bonchev–Trinajstić information content (AvgIpc) is 3.00. The van der Waals surface area contributed by atoms with Gasteiger partial charge in [0, 0.05) is 30.6 Å².